The largest absolute Gasteiger partial charge is 0.426 e. The molecule has 0 amide bonds. The summed E-state index contributed by atoms with van der Waals surface area (Å²) in [4.78, 5) is 18.1. The molecule has 0 saturated heterocycles. The minimum absolute atomic E-state index is 0.403. The summed E-state index contributed by atoms with van der Waals surface area (Å²) in [6.07, 6.45) is 0. The molecule has 0 bridgehead atoms. The highest BCUT2D eigenvalue weighted by atomic mass is 31.2. The first-order valence-corrected chi connectivity index (χ1v) is 9.64. The predicted molar refractivity (Wildman–Crippen MR) is 110 cm³/mol. The second-order valence-corrected chi connectivity index (χ2v) is 6.93. The van der Waals surface area contributed by atoms with Crippen molar-refractivity contribution in [2.45, 2.75) is 5.54 Å². The maximum atomic E-state index is 9.05. The number of nitrogens with two attached hydrogens (primary N) is 1. The Kier molecular flexibility index (Phi) is 8.29. The number of aliphatic hydroxyl groups excluding tert-OH is 3. The van der Waals surface area contributed by atoms with Gasteiger partial charge in [0.15, 0.2) is 0 Å². The Bertz CT molecular complexity index is 863. The van der Waals surface area contributed by atoms with Crippen LogP contribution in [0.1, 0.15) is 0 Å². The van der Waals surface area contributed by atoms with Gasteiger partial charge in [0, 0.05) is 5.39 Å². The number of aliphatic hydroxyl groups is 3. The first kappa shape index (κ1) is 22.2. The van der Waals surface area contributed by atoms with Crippen LogP contribution in [0.2, 0.25) is 0 Å². The lowest BCUT2D eigenvalue weighted by atomic mass is 10.0. The lowest BCUT2D eigenvalue weighted by Gasteiger charge is -2.20. The highest BCUT2D eigenvalue weighted by Crippen LogP contribution is 2.36. The molecule has 28 heavy (non-hydrogen) atoms. The normalized spacial score (nSPS) is 11.2. The van der Waals surface area contributed by atoms with Crippen molar-refractivity contribution >= 4 is 19.4 Å². The average molecular weight is 405 g/mol. The van der Waals surface area contributed by atoms with E-state index in [2.05, 4.69) is 0 Å². The van der Waals surface area contributed by atoms with Gasteiger partial charge in [-0.05, 0) is 28.6 Å². The van der Waals surface area contributed by atoms with Crippen LogP contribution in [0.5, 0.6) is 5.75 Å². The van der Waals surface area contributed by atoms with Gasteiger partial charge in [0.1, 0.15) is 5.75 Å². The third kappa shape index (κ3) is 5.95. The topological polar surface area (TPSA) is 136 Å². The van der Waals surface area contributed by atoms with Crippen LogP contribution in [-0.2, 0) is 0 Å². The maximum absolute atomic E-state index is 9.05. The predicted octanol–water partition coefficient (Wildman–Crippen LogP) is 1.76. The minimum atomic E-state index is -2.41. The smallest absolute Gasteiger partial charge is 0.391 e. The monoisotopic (exact) mass is 405 g/mol. The maximum Gasteiger partial charge on any atom is 0.391 e. The molecule has 0 aliphatic carbocycles. The first-order valence-electron chi connectivity index (χ1n) is 8.48. The van der Waals surface area contributed by atoms with Crippen molar-refractivity contribution in [3.8, 4) is 16.9 Å². The zero-order valence-electron chi connectivity index (χ0n) is 15.1. The molecule has 3 aromatic carbocycles. The summed E-state index contributed by atoms with van der Waals surface area (Å²) in [6, 6.07) is 21.6. The van der Waals surface area contributed by atoms with Crippen LogP contribution in [-0.4, -0.2) is 50.5 Å². The molecule has 3 aromatic rings. The lowest BCUT2D eigenvalue weighted by Crippen LogP contribution is -2.50. The molecule has 0 saturated carbocycles. The fourth-order valence-electron chi connectivity index (χ4n) is 2.37. The van der Waals surface area contributed by atoms with Gasteiger partial charge in [0.05, 0.1) is 25.4 Å². The van der Waals surface area contributed by atoms with Crippen LogP contribution >= 0.6 is 8.60 Å². The number of hydrogen-bond donors (Lipinski definition) is 6. The van der Waals surface area contributed by atoms with E-state index in [1.165, 1.54) is 0 Å². The van der Waals surface area contributed by atoms with Crippen molar-refractivity contribution in [3.05, 3.63) is 66.7 Å². The van der Waals surface area contributed by atoms with Crippen molar-refractivity contribution in [1.29, 1.82) is 0 Å². The van der Waals surface area contributed by atoms with Crippen molar-refractivity contribution in [1.82, 2.24) is 0 Å². The second-order valence-electron chi connectivity index (χ2n) is 6.24. The molecule has 0 spiro atoms. The van der Waals surface area contributed by atoms with Gasteiger partial charge in [0.25, 0.3) is 0 Å². The fourth-order valence-corrected chi connectivity index (χ4v) is 2.71. The first-order chi connectivity index (χ1) is 13.4. The highest BCUT2D eigenvalue weighted by molar-refractivity contribution is 7.39. The SMILES string of the molecule is NC(CO)(CO)CO.OP(O)Oc1cccc2ccc(-c3ccccc3)cc12. The van der Waals surface area contributed by atoms with Gasteiger partial charge in [0.2, 0.25) is 0 Å². The molecular weight excluding hydrogens is 381 g/mol. The average Bonchev–Trinajstić information content (AvgIpc) is 2.74. The molecule has 0 fully saturated rings. The Morgan fingerprint density at radius 1 is 0.786 bits per heavy atom. The van der Waals surface area contributed by atoms with Gasteiger partial charge in [-0.1, -0.05) is 54.6 Å². The molecule has 150 valence electrons. The quantitative estimate of drug-likeness (QED) is 0.344. The van der Waals surface area contributed by atoms with Gasteiger partial charge < -0.3 is 35.4 Å². The van der Waals surface area contributed by atoms with Crippen LogP contribution in [0.4, 0.5) is 0 Å². The van der Waals surface area contributed by atoms with Gasteiger partial charge in [-0.3, -0.25) is 0 Å². The van der Waals surface area contributed by atoms with E-state index in [1.54, 1.807) is 6.07 Å². The Labute approximate surface area is 164 Å². The van der Waals surface area contributed by atoms with Gasteiger partial charge >= 0.3 is 8.60 Å². The summed E-state index contributed by atoms with van der Waals surface area (Å²) in [6.45, 7) is -1.21. The Morgan fingerprint density at radius 2 is 1.43 bits per heavy atom. The van der Waals surface area contributed by atoms with Crippen molar-refractivity contribution in [2.75, 3.05) is 19.8 Å². The van der Waals surface area contributed by atoms with Crippen molar-refractivity contribution in [2.24, 2.45) is 5.73 Å². The van der Waals surface area contributed by atoms with E-state index >= 15 is 0 Å². The molecule has 7 nitrogen and oxygen atoms in total. The number of fused-ring (bicyclic) bond motifs is 1. The third-order valence-corrected chi connectivity index (χ3v) is 4.43. The number of benzene rings is 3. The van der Waals surface area contributed by atoms with E-state index in [0.29, 0.717) is 5.75 Å². The standard InChI is InChI=1S/C16H13O3P.C4H11NO3/c17-20(18)19-16-8-4-7-13-9-10-14(11-15(13)16)12-5-2-1-3-6-12;5-4(1-6,2-7)3-8/h1-11,17-18H;6-8H,1-3,5H2. The number of hydrogen-bond acceptors (Lipinski definition) is 7. The zero-order chi connectivity index (χ0) is 20.6. The van der Waals surface area contributed by atoms with Crippen LogP contribution < -0.4 is 10.3 Å². The molecule has 0 unspecified atom stereocenters. The summed E-state index contributed by atoms with van der Waals surface area (Å²) in [5.74, 6) is 0.483. The van der Waals surface area contributed by atoms with Crippen LogP contribution in [0.15, 0.2) is 66.7 Å². The lowest BCUT2D eigenvalue weighted by molar-refractivity contribution is 0.0697. The molecule has 0 aliphatic rings. The molecule has 8 heteroatoms. The third-order valence-electron chi connectivity index (χ3n) is 4.07. The molecular formula is C20H24NO6P. The molecule has 0 heterocycles. The Hall–Kier alpha value is -2.09. The Balaban J connectivity index is 0.000000300. The second kappa shape index (κ2) is 10.5. The van der Waals surface area contributed by atoms with Crippen LogP contribution in [0.25, 0.3) is 21.9 Å². The fraction of sp³-hybridized carbons (Fsp3) is 0.200. The highest BCUT2D eigenvalue weighted by Gasteiger charge is 2.20. The zero-order valence-corrected chi connectivity index (χ0v) is 16.0. The van der Waals surface area contributed by atoms with E-state index in [0.717, 1.165) is 21.9 Å². The van der Waals surface area contributed by atoms with E-state index in [9.17, 15) is 0 Å². The van der Waals surface area contributed by atoms with E-state index in [-0.39, 0.29) is 0 Å². The van der Waals surface area contributed by atoms with Crippen LogP contribution in [0, 0.1) is 0 Å². The van der Waals surface area contributed by atoms with E-state index < -0.39 is 34.0 Å². The van der Waals surface area contributed by atoms with Gasteiger partial charge in [-0.25, -0.2) is 0 Å². The van der Waals surface area contributed by atoms with E-state index in [4.69, 9.17) is 35.4 Å². The molecule has 3 rings (SSSR count). The minimum Gasteiger partial charge on any atom is -0.426 e. The molecule has 7 N–H and O–H groups in total. The van der Waals surface area contributed by atoms with Crippen LogP contribution in [0.3, 0.4) is 0 Å². The molecule has 0 radical (unpaired) electrons. The molecule has 0 atom stereocenters. The van der Waals surface area contributed by atoms with Gasteiger partial charge in [-0.2, -0.15) is 0 Å². The summed E-state index contributed by atoms with van der Waals surface area (Å²) in [7, 11) is -2.41. The summed E-state index contributed by atoms with van der Waals surface area (Å²) in [5.41, 5.74) is 6.11. The van der Waals surface area contributed by atoms with E-state index in [1.807, 2.05) is 60.7 Å². The molecule has 0 aromatic heterocycles. The van der Waals surface area contributed by atoms with Crippen molar-refractivity contribution in [3.63, 3.8) is 0 Å². The van der Waals surface area contributed by atoms with Gasteiger partial charge in [-0.15, -0.1) is 0 Å². The summed E-state index contributed by atoms with van der Waals surface area (Å²) in [5, 5.41) is 26.9. The number of rotatable bonds is 6. The van der Waals surface area contributed by atoms with Crippen molar-refractivity contribution < 1.29 is 29.6 Å². The Morgan fingerprint density at radius 3 is 1.96 bits per heavy atom. The molecule has 0 aliphatic heterocycles. The summed E-state index contributed by atoms with van der Waals surface area (Å²) >= 11 is 0. The summed E-state index contributed by atoms with van der Waals surface area (Å²) < 4.78 is 5.09.